The van der Waals surface area contributed by atoms with Crippen LogP contribution in [0.15, 0.2) is 29.1 Å². The van der Waals surface area contributed by atoms with Crippen LogP contribution in [0.25, 0.3) is 11.8 Å². The van der Waals surface area contributed by atoms with Crippen LogP contribution >= 0.6 is 23.2 Å². The molecule has 0 bridgehead atoms. The minimum atomic E-state index is -0.655. The van der Waals surface area contributed by atoms with Crippen LogP contribution in [-0.4, -0.2) is 11.0 Å². The van der Waals surface area contributed by atoms with E-state index in [-0.39, 0.29) is 5.56 Å². The molecule has 1 aromatic carbocycles. The Kier molecular flexibility index (Phi) is 3.35. The normalized spacial score (nSPS) is 15.2. The molecule has 1 aliphatic rings. The smallest absolute Gasteiger partial charge is 0.349 e. The number of carbonyl (C=O) groups is 1. The highest BCUT2D eigenvalue weighted by Crippen LogP contribution is 2.31. The molecule has 106 valence electrons. The second kappa shape index (κ2) is 5.06. The second-order valence-corrected chi connectivity index (χ2v) is 5.46. The molecule has 0 amide bonds. The van der Waals surface area contributed by atoms with E-state index >= 15 is 0 Å². The molecular formula is C15H9Cl2NO3. The van der Waals surface area contributed by atoms with E-state index in [0.717, 1.165) is 5.56 Å². The zero-order chi connectivity index (χ0) is 15.1. The summed E-state index contributed by atoms with van der Waals surface area (Å²) in [6.45, 7) is 1.74. The molecule has 3 rings (SSSR count). The minimum Gasteiger partial charge on any atom is -0.422 e. The standard InChI is InChI=1S/C15H9Cl2NO3/c1-7-4-9-12(21-15(20)13(9)14(19)18-7)6-8-2-3-10(16)11(17)5-8/h2-6H,1H3,(H,18,19)/b12-6+. The van der Waals surface area contributed by atoms with Crippen LogP contribution in [-0.2, 0) is 4.74 Å². The number of ether oxygens (including phenoxy) is 1. The first-order valence-electron chi connectivity index (χ1n) is 6.09. The molecule has 0 saturated heterocycles. The van der Waals surface area contributed by atoms with Gasteiger partial charge in [-0.1, -0.05) is 29.3 Å². The number of esters is 1. The number of cyclic esters (lactones) is 1. The Labute approximate surface area is 130 Å². The van der Waals surface area contributed by atoms with Crippen LogP contribution < -0.4 is 5.56 Å². The highest BCUT2D eigenvalue weighted by Gasteiger charge is 2.30. The molecule has 2 aromatic rings. The van der Waals surface area contributed by atoms with Crippen LogP contribution in [0.3, 0.4) is 0 Å². The lowest BCUT2D eigenvalue weighted by Gasteiger charge is -2.01. The van der Waals surface area contributed by atoms with Gasteiger partial charge in [0.1, 0.15) is 11.3 Å². The number of benzene rings is 1. The van der Waals surface area contributed by atoms with Crippen molar-refractivity contribution < 1.29 is 9.53 Å². The van der Waals surface area contributed by atoms with Crippen molar-refractivity contribution in [3.8, 4) is 0 Å². The third-order valence-electron chi connectivity index (χ3n) is 3.08. The first kappa shape index (κ1) is 13.9. The summed E-state index contributed by atoms with van der Waals surface area (Å²) in [6.07, 6.45) is 1.64. The molecule has 0 spiro atoms. The monoisotopic (exact) mass is 321 g/mol. The van der Waals surface area contributed by atoms with Gasteiger partial charge in [-0.05, 0) is 36.8 Å². The van der Waals surface area contributed by atoms with Crippen molar-refractivity contribution in [1.29, 1.82) is 0 Å². The molecule has 0 aliphatic carbocycles. The van der Waals surface area contributed by atoms with Crippen LogP contribution in [0.1, 0.15) is 27.2 Å². The SMILES string of the molecule is Cc1cc2c(c(=O)[nH]1)C(=O)O/C2=C/c1ccc(Cl)c(Cl)c1. The summed E-state index contributed by atoms with van der Waals surface area (Å²) < 4.78 is 5.17. The van der Waals surface area contributed by atoms with E-state index in [0.29, 0.717) is 27.1 Å². The summed E-state index contributed by atoms with van der Waals surface area (Å²) >= 11 is 11.8. The van der Waals surface area contributed by atoms with E-state index in [1.54, 1.807) is 37.3 Å². The molecule has 0 atom stereocenters. The number of pyridine rings is 1. The van der Waals surface area contributed by atoms with Crippen LogP contribution in [0.4, 0.5) is 0 Å². The lowest BCUT2D eigenvalue weighted by atomic mass is 10.1. The third-order valence-corrected chi connectivity index (χ3v) is 3.82. The Morgan fingerprint density at radius 2 is 1.90 bits per heavy atom. The predicted octanol–water partition coefficient (Wildman–Crippen LogP) is 3.66. The lowest BCUT2D eigenvalue weighted by molar-refractivity contribution is 0.0715. The fourth-order valence-corrected chi connectivity index (χ4v) is 2.46. The van der Waals surface area contributed by atoms with E-state index < -0.39 is 11.5 Å². The van der Waals surface area contributed by atoms with Crippen molar-refractivity contribution in [3.63, 3.8) is 0 Å². The number of fused-ring (bicyclic) bond motifs is 1. The fraction of sp³-hybridized carbons (Fsp3) is 0.0667. The molecule has 0 radical (unpaired) electrons. The second-order valence-electron chi connectivity index (χ2n) is 4.64. The number of halogens is 2. The summed E-state index contributed by atoms with van der Waals surface area (Å²) in [5.41, 5.74) is 1.42. The largest absolute Gasteiger partial charge is 0.422 e. The highest BCUT2D eigenvalue weighted by molar-refractivity contribution is 6.42. The fourth-order valence-electron chi connectivity index (χ4n) is 2.15. The Bertz CT molecular complexity index is 852. The van der Waals surface area contributed by atoms with Crippen molar-refractivity contribution in [2.24, 2.45) is 0 Å². The van der Waals surface area contributed by atoms with Gasteiger partial charge in [-0.2, -0.15) is 0 Å². The van der Waals surface area contributed by atoms with Crippen molar-refractivity contribution >= 4 is 41.0 Å². The summed E-state index contributed by atoms with van der Waals surface area (Å²) in [6, 6.07) is 6.75. The van der Waals surface area contributed by atoms with Crippen molar-refractivity contribution in [1.82, 2.24) is 4.98 Å². The summed E-state index contributed by atoms with van der Waals surface area (Å²) in [4.78, 5) is 26.2. The molecule has 4 nitrogen and oxygen atoms in total. The van der Waals surface area contributed by atoms with E-state index in [1.165, 1.54) is 0 Å². The molecule has 0 fully saturated rings. The Morgan fingerprint density at radius 3 is 2.62 bits per heavy atom. The number of hydrogen-bond acceptors (Lipinski definition) is 3. The number of carbonyl (C=O) groups excluding carboxylic acids is 1. The van der Waals surface area contributed by atoms with E-state index in [2.05, 4.69) is 4.98 Å². The van der Waals surface area contributed by atoms with Gasteiger partial charge in [-0.15, -0.1) is 0 Å². The van der Waals surface area contributed by atoms with Gasteiger partial charge in [0.2, 0.25) is 0 Å². The van der Waals surface area contributed by atoms with Crippen LogP contribution in [0, 0.1) is 6.92 Å². The Hall–Kier alpha value is -2.04. The maximum absolute atomic E-state index is 11.8. The number of aryl methyl sites for hydroxylation is 1. The van der Waals surface area contributed by atoms with Crippen molar-refractivity contribution in [2.75, 3.05) is 0 Å². The highest BCUT2D eigenvalue weighted by atomic mass is 35.5. The van der Waals surface area contributed by atoms with Crippen molar-refractivity contribution in [3.05, 3.63) is 67.0 Å². The topological polar surface area (TPSA) is 59.2 Å². The van der Waals surface area contributed by atoms with Gasteiger partial charge in [0.05, 0.1) is 10.0 Å². The minimum absolute atomic E-state index is 0.0203. The van der Waals surface area contributed by atoms with Gasteiger partial charge in [-0.3, -0.25) is 4.79 Å². The Morgan fingerprint density at radius 1 is 1.14 bits per heavy atom. The molecule has 0 saturated carbocycles. The van der Waals surface area contributed by atoms with Gasteiger partial charge in [0.15, 0.2) is 0 Å². The van der Waals surface area contributed by atoms with Crippen molar-refractivity contribution in [2.45, 2.75) is 6.92 Å². The maximum Gasteiger partial charge on any atom is 0.349 e. The molecule has 21 heavy (non-hydrogen) atoms. The van der Waals surface area contributed by atoms with Gasteiger partial charge in [0, 0.05) is 11.3 Å². The zero-order valence-corrected chi connectivity index (χ0v) is 12.4. The summed E-state index contributed by atoms with van der Waals surface area (Å²) in [5.74, 6) is -0.333. The number of rotatable bonds is 1. The molecule has 1 aliphatic heterocycles. The molecule has 0 unspecified atom stereocenters. The van der Waals surface area contributed by atoms with E-state index in [1.807, 2.05) is 0 Å². The number of aromatic nitrogens is 1. The molecule has 2 heterocycles. The molecule has 1 N–H and O–H groups in total. The average Bonchev–Trinajstić information content (AvgIpc) is 2.70. The molecule has 6 heteroatoms. The van der Waals surface area contributed by atoms with Gasteiger partial charge < -0.3 is 9.72 Å². The quantitative estimate of drug-likeness (QED) is 0.815. The Balaban J connectivity index is 2.14. The number of H-pyrrole nitrogens is 1. The summed E-state index contributed by atoms with van der Waals surface area (Å²) in [5, 5.41) is 0.840. The predicted molar refractivity (Wildman–Crippen MR) is 81.5 cm³/mol. The number of aromatic amines is 1. The van der Waals surface area contributed by atoms with E-state index in [4.69, 9.17) is 27.9 Å². The third kappa shape index (κ3) is 2.48. The molecule has 1 aromatic heterocycles. The average molecular weight is 322 g/mol. The van der Waals surface area contributed by atoms with Crippen LogP contribution in [0.2, 0.25) is 10.0 Å². The first-order valence-corrected chi connectivity index (χ1v) is 6.84. The van der Waals surface area contributed by atoms with Gasteiger partial charge in [0.25, 0.3) is 5.56 Å². The lowest BCUT2D eigenvalue weighted by Crippen LogP contribution is -2.16. The van der Waals surface area contributed by atoms with E-state index in [9.17, 15) is 9.59 Å². The van der Waals surface area contributed by atoms with Crippen LogP contribution in [0.5, 0.6) is 0 Å². The number of hydrogen-bond donors (Lipinski definition) is 1. The van der Waals surface area contributed by atoms with Gasteiger partial charge in [-0.25, -0.2) is 4.79 Å². The maximum atomic E-state index is 11.8. The van der Waals surface area contributed by atoms with Gasteiger partial charge >= 0.3 is 5.97 Å². The zero-order valence-electron chi connectivity index (χ0n) is 10.9. The number of nitrogens with one attached hydrogen (secondary N) is 1. The summed E-state index contributed by atoms with van der Waals surface area (Å²) in [7, 11) is 0. The first-order chi connectivity index (χ1) is 9.95. The molecular weight excluding hydrogens is 313 g/mol.